The Morgan fingerprint density at radius 3 is 2.94 bits per heavy atom. The highest BCUT2D eigenvalue weighted by molar-refractivity contribution is 6.29. The lowest BCUT2D eigenvalue weighted by molar-refractivity contribution is 0.875. The number of pyridine rings is 2. The Bertz CT molecular complexity index is 647. The van der Waals surface area contributed by atoms with E-state index in [0.29, 0.717) is 11.0 Å². The van der Waals surface area contributed by atoms with Gasteiger partial charge in [-0.2, -0.15) is 5.10 Å². The third kappa shape index (κ3) is 1.44. The van der Waals surface area contributed by atoms with Crippen LogP contribution in [0.3, 0.4) is 0 Å². The number of aromatic nitrogens is 4. The predicted molar refractivity (Wildman–Crippen MR) is 61.7 cm³/mol. The molecule has 0 N–H and O–H groups in total. The van der Waals surface area contributed by atoms with Crippen LogP contribution < -0.4 is 0 Å². The molecule has 3 rings (SSSR count). The van der Waals surface area contributed by atoms with Crippen molar-refractivity contribution in [3.63, 3.8) is 0 Å². The first-order valence-electron chi connectivity index (χ1n) is 4.76. The van der Waals surface area contributed by atoms with Crippen LogP contribution >= 0.6 is 11.6 Å². The fraction of sp³-hybridized carbons (Fsp3) is 0. The Morgan fingerprint density at radius 2 is 2.06 bits per heavy atom. The number of rotatable bonds is 1. The molecule has 3 aromatic heterocycles. The summed E-state index contributed by atoms with van der Waals surface area (Å²) in [6.07, 6.45) is 3.44. The summed E-state index contributed by atoms with van der Waals surface area (Å²) in [5.41, 5.74) is 1.75. The molecule has 3 heterocycles. The van der Waals surface area contributed by atoms with Gasteiger partial charge in [0.1, 0.15) is 10.7 Å². The number of fused-ring (bicyclic) bond motifs is 1. The van der Waals surface area contributed by atoms with Crippen LogP contribution in [0.5, 0.6) is 0 Å². The fourth-order valence-corrected chi connectivity index (χ4v) is 1.72. The molecule has 4 nitrogen and oxygen atoms in total. The van der Waals surface area contributed by atoms with E-state index < -0.39 is 0 Å². The summed E-state index contributed by atoms with van der Waals surface area (Å²) in [5, 5.41) is 4.69. The summed E-state index contributed by atoms with van der Waals surface area (Å²) in [5.74, 6) is 0.690. The van der Waals surface area contributed by atoms with Crippen LogP contribution in [0, 0.1) is 0 Å². The van der Waals surface area contributed by atoms with Gasteiger partial charge in [-0.15, -0.1) is 0 Å². The third-order valence-electron chi connectivity index (χ3n) is 2.26. The minimum Gasteiger partial charge on any atom is -0.253 e. The van der Waals surface area contributed by atoms with Crippen molar-refractivity contribution in [2.24, 2.45) is 0 Å². The van der Waals surface area contributed by atoms with Gasteiger partial charge >= 0.3 is 0 Å². The quantitative estimate of drug-likeness (QED) is 0.603. The molecule has 0 aliphatic rings. The minimum atomic E-state index is 0.449. The first-order chi connectivity index (χ1) is 7.84. The molecule has 0 amide bonds. The van der Waals surface area contributed by atoms with E-state index in [9.17, 15) is 0 Å². The lowest BCUT2D eigenvalue weighted by Crippen LogP contribution is -1.98. The van der Waals surface area contributed by atoms with Gasteiger partial charge in [-0.3, -0.25) is 4.98 Å². The highest BCUT2D eigenvalue weighted by Gasteiger charge is 2.05. The van der Waals surface area contributed by atoms with E-state index in [1.807, 2.05) is 24.3 Å². The largest absolute Gasteiger partial charge is 0.253 e. The zero-order valence-corrected chi connectivity index (χ0v) is 8.96. The molecule has 16 heavy (non-hydrogen) atoms. The molecule has 0 saturated heterocycles. The van der Waals surface area contributed by atoms with Crippen LogP contribution in [0.2, 0.25) is 5.15 Å². The van der Waals surface area contributed by atoms with E-state index in [1.54, 1.807) is 23.1 Å². The molecule has 78 valence electrons. The van der Waals surface area contributed by atoms with E-state index >= 15 is 0 Å². The third-order valence-corrected chi connectivity index (χ3v) is 2.47. The average molecular weight is 231 g/mol. The maximum Gasteiger partial charge on any atom is 0.155 e. The van der Waals surface area contributed by atoms with Crippen LogP contribution in [0.4, 0.5) is 0 Å². The molecule has 0 spiro atoms. The van der Waals surface area contributed by atoms with Crippen molar-refractivity contribution in [3.05, 3.63) is 47.9 Å². The highest BCUT2D eigenvalue weighted by atomic mass is 35.5. The van der Waals surface area contributed by atoms with Crippen molar-refractivity contribution in [1.82, 2.24) is 19.7 Å². The number of nitrogens with zero attached hydrogens (tertiary/aromatic N) is 4. The molecule has 0 bridgehead atoms. The van der Waals surface area contributed by atoms with Crippen molar-refractivity contribution in [1.29, 1.82) is 0 Å². The van der Waals surface area contributed by atoms with Gasteiger partial charge in [-0.05, 0) is 24.3 Å². The fourth-order valence-electron chi connectivity index (χ4n) is 1.56. The molecule has 0 radical (unpaired) electrons. The molecule has 0 atom stereocenters. The maximum absolute atomic E-state index is 5.85. The van der Waals surface area contributed by atoms with Gasteiger partial charge in [0.25, 0.3) is 0 Å². The maximum atomic E-state index is 5.85. The molecule has 5 heteroatoms. The zero-order valence-electron chi connectivity index (χ0n) is 8.21. The zero-order chi connectivity index (χ0) is 11.0. The molecule has 0 aliphatic heterocycles. The Labute approximate surface area is 96.5 Å². The molecule has 0 aromatic carbocycles. The van der Waals surface area contributed by atoms with Gasteiger partial charge in [0, 0.05) is 6.20 Å². The molecule has 0 fully saturated rings. The summed E-state index contributed by atoms with van der Waals surface area (Å²) in [7, 11) is 0. The minimum absolute atomic E-state index is 0.449. The molecule has 0 unspecified atom stereocenters. The summed E-state index contributed by atoms with van der Waals surface area (Å²) in [4.78, 5) is 8.41. The van der Waals surface area contributed by atoms with Gasteiger partial charge in [0.05, 0.1) is 11.7 Å². The number of hydrogen-bond acceptors (Lipinski definition) is 3. The SMILES string of the molecule is Clc1cccc(-n2ncc3ncccc32)n1. The number of halogens is 1. The van der Waals surface area contributed by atoms with E-state index in [1.165, 1.54) is 0 Å². The van der Waals surface area contributed by atoms with Gasteiger partial charge in [0.2, 0.25) is 0 Å². The number of hydrogen-bond donors (Lipinski definition) is 0. The normalized spacial score (nSPS) is 10.8. The van der Waals surface area contributed by atoms with Crippen molar-refractivity contribution in [3.8, 4) is 5.82 Å². The predicted octanol–water partition coefficient (Wildman–Crippen LogP) is 2.47. The Kier molecular flexibility index (Phi) is 2.08. The Balaban J connectivity index is 2.26. The van der Waals surface area contributed by atoms with Crippen molar-refractivity contribution in [2.75, 3.05) is 0 Å². The Morgan fingerprint density at radius 1 is 1.12 bits per heavy atom. The van der Waals surface area contributed by atoms with Crippen LogP contribution in [0.15, 0.2) is 42.7 Å². The van der Waals surface area contributed by atoms with Crippen LogP contribution in [-0.2, 0) is 0 Å². The van der Waals surface area contributed by atoms with Gasteiger partial charge in [-0.1, -0.05) is 17.7 Å². The van der Waals surface area contributed by atoms with Crippen molar-refractivity contribution in [2.45, 2.75) is 0 Å². The van der Waals surface area contributed by atoms with Crippen LogP contribution in [0.25, 0.3) is 16.9 Å². The standard InChI is InChI=1S/C11H7ClN4/c12-10-4-1-5-11(15-10)16-9-3-2-6-13-8(9)7-14-16/h1-7H. The summed E-state index contributed by atoms with van der Waals surface area (Å²) < 4.78 is 1.72. The van der Waals surface area contributed by atoms with Gasteiger partial charge in [-0.25, -0.2) is 9.67 Å². The van der Waals surface area contributed by atoms with Crippen molar-refractivity contribution < 1.29 is 0 Å². The molecular formula is C11H7ClN4. The molecule has 0 saturated carbocycles. The van der Waals surface area contributed by atoms with Crippen LogP contribution in [-0.4, -0.2) is 19.7 Å². The second-order valence-corrected chi connectivity index (χ2v) is 3.67. The second kappa shape index (κ2) is 3.57. The van der Waals surface area contributed by atoms with Crippen LogP contribution in [0.1, 0.15) is 0 Å². The van der Waals surface area contributed by atoms with Crippen molar-refractivity contribution >= 4 is 22.6 Å². The summed E-state index contributed by atoms with van der Waals surface area (Å²) in [6, 6.07) is 9.23. The Hall–Kier alpha value is -1.94. The van der Waals surface area contributed by atoms with E-state index in [4.69, 9.17) is 11.6 Å². The second-order valence-electron chi connectivity index (χ2n) is 3.28. The van der Waals surface area contributed by atoms with E-state index in [2.05, 4.69) is 15.1 Å². The van der Waals surface area contributed by atoms with E-state index in [0.717, 1.165) is 11.0 Å². The topological polar surface area (TPSA) is 43.6 Å². The summed E-state index contributed by atoms with van der Waals surface area (Å²) in [6.45, 7) is 0. The summed E-state index contributed by atoms with van der Waals surface area (Å²) >= 11 is 5.85. The first kappa shape index (κ1) is 9.30. The smallest absolute Gasteiger partial charge is 0.155 e. The van der Waals surface area contributed by atoms with E-state index in [-0.39, 0.29) is 0 Å². The molecular weight excluding hydrogens is 224 g/mol. The first-order valence-corrected chi connectivity index (χ1v) is 5.14. The lowest BCUT2D eigenvalue weighted by Gasteiger charge is -2.01. The monoisotopic (exact) mass is 230 g/mol. The highest BCUT2D eigenvalue weighted by Crippen LogP contribution is 2.15. The lowest BCUT2D eigenvalue weighted by atomic mass is 10.4. The van der Waals surface area contributed by atoms with Gasteiger partial charge in [0.15, 0.2) is 5.82 Å². The molecule has 0 aliphatic carbocycles. The molecule has 3 aromatic rings. The van der Waals surface area contributed by atoms with Gasteiger partial charge < -0.3 is 0 Å². The average Bonchev–Trinajstić information content (AvgIpc) is 2.72.